The molecule has 0 radical (unpaired) electrons. The summed E-state index contributed by atoms with van der Waals surface area (Å²) in [6, 6.07) is 16.6. The maximum Gasteiger partial charge on any atom is 0.145 e. The molecule has 0 saturated heterocycles. The number of ether oxygens (including phenoxy) is 1. The minimum atomic E-state index is 0.763. The standard InChI is InChI=1S/C22H29NO/c1-3-5-10-16-24-22-17-19(11-6-4-2)14-15-21(22)23-18-20-12-8-7-9-13-20/h7-9,12-15,17-18H,3-6,10-11,16H2,1-2H3. The average Bonchev–Trinajstić information content (AvgIpc) is 2.63. The van der Waals surface area contributed by atoms with Crippen molar-refractivity contribution in [2.75, 3.05) is 6.61 Å². The summed E-state index contributed by atoms with van der Waals surface area (Å²) in [7, 11) is 0. The lowest BCUT2D eigenvalue weighted by Crippen LogP contribution is -1.98. The second-order valence-corrected chi connectivity index (χ2v) is 6.13. The first-order chi connectivity index (χ1) is 11.8. The Labute approximate surface area is 146 Å². The predicted octanol–water partition coefficient (Wildman–Crippen LogP) is 6.35. The van der Waals surface area contributed by atoms with Crippen molar-refractivity contribution in [1.82, 2.24) is 0 Å². The van der Waals surface area contributed by atoms with Gasteiger partial charge in [0.25, 0.3) is 0 Å². The maximum absolute atomic E-state index is 6.03. The second-order valence-electron chi connectivity index (χ2n) is 6.13. The molecule has 2 aromatic carbocycles. The second kappa shape index (κ2) is 10.6. The molecule has 0 saturated carbocycles. The van der Waals surface area contributed by atoms with Crippen molar-refractivity contribution in [2.45, 2.75) is 52.4 Å². The zero-order valence-electron chi connectivity index (χ0n) is 15.0. The summed E-state index contributed by atoms with van der Waals surface area (Å²) in [5.41, 5.74) is 3.35. The van der Waals surface area contributed by atoms with E-state index in [0.29, 0.717) is 0 Å². The number of benzene rings is 2. The summed E-state index contributed by atoms with van der Waals surface area (Å²) in [6.45, 7) is 5.20. The zero-order valence-corrected chi connectivity index (χ0v) is 15.0. The molecule has 0 unspecified atom stereocenters. The van der Waals surface area contributed by atoms with Crippen LogP contribution in [-0.2, 0) is 6.42 Å². The van der Waals surface area contributed by atoms with E-state index < -0.39 is 0 Å². The van der Waals surface area contributed by atoms with Crippen molar-refractivity contribution in [3.63, 3.8) is 0 Å². The highest BCUT2D eigenvalue weighted by Gasteiger charge is 2.05. The van der Waals surface area contributed by atoms with Gasteiger partial charge in [-0.2, -0.15) is 0 Å². The Balaban J connectivity index is 2.12. The molecule has 128 valence electrons. The molecule has 0 spiro atoms. The monoisotopic (exact) mass is 323 g/mol. The zero-order chi connectivity index (χ0) is 17.0. The lowest BCUT2D eigenvalue weighted by Gasteiger charge is -2.11. The third-order valence-corrected chi connectivity index (χ3v) is 4.00. The normalized spacial score (nSPS) is 11.1. The first-order valence-corrected chi connectivity index (χ1v) is 9.18. The lowest BCUT2D eigenvalue weighted by atomic mass is 10.1. The van der Waals surface area contributed by atoms with Gasteiger partial charge in [-0.05, 0) is 42.5 Å². The number of rotatable bonds is 10. The fourth-order valence-electron chi connectivity index (χ4n) is 2.53. The Bertz CT molecular complexity index is 619. The van der Waals surface area contributed by atoms with Crippen LogP contribution in [0.2, 0.25) is 0 Å². The van der Waals surface area contributed by atoms with Crippen molar-refractivity contribution in [3.8, 4) is 5.75 Å². The van der Waals surface area contributed by atoms with Crippen molar-refractivity contribution in [3.05, 3.63) is 59.7 Å². The largest absolute Gasteiger partial charge is 0.491 e. The van der Waals surface area contributed by atoms with E-state index >= 15 is 0 Å². The number of nitrogens with zero attached hydrogens (tertiary/aromatic N) is 1. The van der Waals surface area contributed by atoms with Crippen molar-refractivity contribution < 1.29 is 4.74 Å². The molecule has 0 fully saturated rings. The van der Waals surface area contributed by atoms with E-state index in [0.717, 1.165) is 36.4 Å². The van der Waals surface area contributed by atoms with E-state index in [1.165, 1.54) is 31.2 Å². The third-order valence-electron chi connectivity index (χ3n) is 4.00. The van der Waals surface area contributed by atoms with E-state index in [-0.39, 0.29) is 0 Å². The maximum atomic E-state index is 6.03. The van der Waals surface area contributed by atoms with E-state index in [1.54, 1.807) is 0 Å². The van der Waals surface area contributed by atoms with Crippen molar-refractivity contribution >= 4 is 11.9 Å². The number of aryl methyl sites for hydroxylation is 1. The predicted molar refractivity (Wildman–Crippen MR) is 104 cm³/mol. The van der Waals surface area contributed by atoms with Crippen LogP contribution in [0.3, 0.4) is 0 Å². The fraction of sp³-hybridized carbons (Fsp3) is 0.409. The van der Waals surface area contributed by atoms with Gasteiger partial charge in [-0.1, -0.05) is 69.5 Å². The van der Waals surface area contributed by atoms with Crippen LogP contribution >= 0.6 is 0 Å². The molecule has 2 nitrogen and oxygen atoms in total. The molecule has 0 aromatic heterocycles. The molecule has 0 heterocycles. The Morgan fingerprint density at radius 3 is 2.46 bits per heavy atom. The minimum Gasteiger partial charge on any atom is -0.491 e. The van der Waals surface area contributed by atoms with Gasteiger partial charge in [-0.25, -0.2) is 0 Å². The van der Waals surface area contributed by atoms with Crippen LogP contribution in [0.1, 0.15) is 57.1 Å². The number of hydrogen-bond acceptors (Lipinski definition) is 2. The van der Waals surface area contributed by atoms with Gasteiger partial charge in [-0.3, -0.25) is 4.99 Å². The van der Waals surface area contributed by atoms with Crippen LogP contribution in [-0.4, -0.2) is 12.8 Å². The van der Waals surface area contributed by atoms with E-state index in [2.05, 4.69) is 49.2 Å². The Kier molecular flexibility index (Phi) is 8.09. The molecule has 0 aliphatic carbocycles. The highest BCUT2D eigenvalue weighted by Crippen LogP contribution is 2.29. The van der Waals surface area contributed by atoms with Gasteiger partial charge in [-0.15, -0.1) is 0 Å². The molecule has 0 aliphatic rings. The first kappa shape index (κ1) is 18.3. The van der Waals surface area contributed by atoms with Gasteiger partial charge >= 0.3 is 0 Å². The number of hydrogen-bond donors (Lipinski definition) is 0. The highest BCUT2D eigenvalue weighted by molar-refractivity contribution is 5.82. The van der Waals surface area contributed by atoms with Gasteiger partial charge in [0.05, 0.1) is 6.61 Å². The van der Waals surface area contributed by atoms with Crippen LogP contribution in [0.15, 0.2) is 53.5 Å². The number of aliphatic imine (C=N–C) groups is 1. The molecule has 2 aromatic rings. The molecule has 0 bridgehead atoms. The van der Waals surface area contributed by atoms with Crippen LogP contribution in [0, 0.1) is 0 Å². The SMILES string of the molecule is CCCCCOc1cc(CCCC)ccc1N=Cc1ccccc1. The summed E-state index contributed by atoms with van der Waals surface area (Å²) in [6.07, 6.45) is 8.93. The Morgan fingerprint density at radius 1 is 0.917 bits per heavy atom. The first-order valence-electron chi connectivity index (χ1n) is 9.18. The molecular weight excluding hydrogens is 294 g/mol. The molecule has 2 rings (SSSR count). The van der Waals surface area contributed by atoms with Crippen molar-refractivity contribution in [1.29, 1.82) is 0 Å². The van der Waals surface area contributed by atoms with E-state index in [9.17, 15) is 0 Å². The summed E-state index contributed by atoms with van der Waals surface area (Å²) in [5, 5.41) is 0. The lowest BCUT2D eigenvalue weighted by molar-refractivity contribution is 0.307. The van der Waals surface area contributed by atoms with Crippen molar-refractivity contribution in [2.24, 2.45) is 4.99 Å². The minimum absolute atomic E-state index is 0.763. The van der Waals surface area contributed by atoms with Gasteiger partial charge in [0.1, 0.15) is 11.4 Å². The van der Waals surface area contributed by atoms with Gasteiger partial charge < -0.3 is 4.74 Å². The topological polar surface area (TPSA) is 21.6 Å². The molecule has 24 heavy (non-hydrogen) atoms. The average molecular weight is 323 g/mol. The van der Waals surface area contributed by atoms with Crippen LogP contribution < -0.4 is 4.74 Å². The van der Waals surface area contributed by atoms with E-state index in [4.69, 9.17) is 4.74 Å². The molecule has 0 aliphatic heterocycles. The molecule has 0 N–H and O–H groups in total. The van der Waals surface area contributed by atoms with Crippen LogP contribution in [0.4, 0.5) is 5.69 Å². The summed E-state index contributed by atoms with van der Waals surface area (Å²) in [4.78, 5) is 4.65. The van der Waals surface area contributed by atoms with Crippen LogP contribution in [0.5, 0.6) is 5.75 Å². The summed E-state index contributed by atoms with van der Waals surface area (Å²) >= 11 is 0. The molecule has 0 atom stereocenters. The van der Waals surface area contributed by atoms with Gasteiger partial charge in [0.2, 0.25) is 0 Å². The summed E-state index contributed by atoms with van der Waals surface area (Å²) < 4.78 is 6.03. The van der Waals surface area contributed by atoms with Gasteiger partial charge in [0.15, 0.2) is 0 Å². The Hall–Kier alpha value is -2.09. The smallest absolute Gasteiger partial charge is 0.145 e. The highest BCUT2D eigenvalue weighted by atomic mass is 16.5. The molecular formula is C22H29NO. The quantitative estimate of drug-likeness (QED) is 0.369. The molecule has 0 amide bonds. The number of unbranched alkanes of at least 4 members (excludes halogenated alkanes) is 3. The Morgan fingerprint density at radius 2 is 1.71 bits per heavy atom. The fourth-order valence-corrected chi connectivity index (χ4v) is 2.53. The van der Waals surface area contributed by atoms with Gasteiger partial charge in [0, 0.05) is 6.21 Å². The third kappa shape index (κ3) is 6.19. The summed E-state index contributed by atoms with van der Waals surface area (Å²) in [5.74, 6) is 0.909. The van der Waals surface area contributed by atoms with Crippen LogP contribution in [0.25, 0.3) is 0 Å². The molecule has 2 heteroatoms. The van der Waals surface area contributed by atoms with E-state index in [1.807, 2.05) is 24.4 Å².